The summed E-state index contributed by atoms with van der Waals surface area (Å²) in [5.74, 6) is 0. The van der Waals surface area contributed by atoms with E-state index in [9.17, 15) is 0 Å². The lowest BCUT2D eigenvalue weighted by Crippen LogP contribution is -1.93. The van der Waals surface area contributed by atoms with Crippen LogP contribution in [0.2, 0.25) is 0 Å². The Kier molecular flexibility index (Phi) is 6.73. The Balaban J connectivity index is 1.08. The molecule has 0 atom stereocenters. The average molecular weight is 707 g/mol. The Morgan fingerprint density at radius 3 is 0.839 bits per heavy atom. The molecule has 12 aromatic rings. The van der Waals surface area contributed by atoms with Crippen molar-refractivity contribution in [3.05, 3.63) is 206 Å². The maximum absolute atomic E-state index is 2.45. The average Bonchev–Trinajstić information content (AvgIpc) is 3.27. The molecule has 0 spiro atoms. The van der Waals surface area contributed by atoms with E-state index >= 15 is 0 Å². The first-order chi connectivity index (χ1) is 27.8. The van der Waals surface area contributed by atoms with Crippen LogP contribution in [0.1, 0.15) is 0 Å². The lowest BCUT2D eigenvalue weighted by Gasteiger charge is -2.21. The molecule has 0 saturated heterocycles. The number of benzene rings is 12. The summed E-state index contributed by atoms with van der Waals surface area (Å²) in [6.07, 6.45) is 0. The van der Waals surface area contributed by atoms with E-state index in [2.05, 4.69) is 206 Å². The number of hydrogen-bond donors (Lipinski definition) is 0. The van der Waals surface area contributed by atoms with Crippen molar-refractivity contribution in [2.45, 2.75) is 0 Å². The van der Waals surface area contributed by atoms with Crippen LogP contribution in [0, 0.1) is 0 Å². The van der Waals surface area contributed by atoms with Crippen molar-refractivity contribution >= 4 is 64.6 Å². The highest BCUT2D eigenvalue weighted by Crippen LogP contribution is 2.48. The van der Waals surface area contributed by atoms with Gasteiger partial charge in [-0.15, -0.1) is 0 Å². The molecule has 0 aliphatic carbocycles. The zero-order valence-electron chi connectivity index (χ0n) is 30.6. The minimum absolute atomic E-state index is 1.23. The molecule has 0 aromatic heterocycles. The van der Waals surface area contributed by atoms with Gasteiger partial charge in [-0.1, -0.05) is 170 Å². The predicted octanol–water partition coefficient (Wildman–Crippen LogP) is 15.8. The van der Waals surface area contributed by atoms with E-state index in [-0.39, 0.29) is 0 Å². The first-order valence-electron chi connectivity index (χ1n) is 19.5. The normalized spacial score (nSPS) is 11.9. The van der Waals surface area contributed by atoms with Gasteiger partial charge in [-0.05, 0) is 157 Å². The molecule has 0 saturated carbocycles. The Bertz CT molecular complexity index is 3210. The second-order valence-electron chi connectivity index (χ2n) is 15.2. The van der Waals surface area contributed by atoms with Crippen LogP contribution in [0.5, 0.6) is 0 Å². The van der Waals surface area contributed by atoms with Gasteiger partial charge in [0.15, 0.2) is 0 Å². The summed E-state index contributed by atoms with van der Waals surface area (Å²) in [4.78, 5) is 0. The van der Waals surface area contributed by atoms with E-state index in [0.29, 0.717) is 0 Å². The molecule has 12 aromatic carbocycles. The minimum Gasteiger partial charge on any atom is -0.0622 e. The fraction of sp³-hybridized carbons (Fsp3) is 0. The van der Waals surface area contributed by atoms with E-state index in [4.69, 9.17) is 0 Å². The molecule has 0 unspecified atom stereocenters. The van der Waals surface area contributed by atoms with Gasteiger partial charge in [0.1, 0.15) is 0 Å². The molecule has 0 aliphatic rings. The van der Waals surface area contributed by atoms with Crippen LogP contribution >= 0.6 is 0 Å². The molecule has 0 fully saturated rings. The van der Waals surface area contributed by atoms with Crippen molar-refractivity contribution in [3.8, 4) is 55.6 Å². The predicted molar refractivity (Wildman–Crippen MR) is 241 cm³/mol. The summed E-state index contributed by atoms with van der Waals surface area (Å²) in [6.45, 7) is 0. The van der Waals surface area contributed by atoms with E-state index < -0.39 is 0 Å². The monoisotopic (exact) mass is 706 g/mol. The second kappa shape index (κ2) is 12.1. The largest absolute Gasteiger partial charge is 0.0622 e. The first kappa shape index (κ1) is 31.1. The molecule has 0 N–H and O–H groups in total. The van der Waals surface area contributed by atoms with Crippen LogP contribution in [-0.4, -0.2) is 0 Å². The van der Waals surface area contributed by atoms with Crippen LogP contribution in [0.4, 0.5) is 0 Å². The smallest absolute Gasteiger partial charge is 0.00201 e. The summed E-state index contributed by atoms with van der Waals surface area (Å²) in [5, 5.41) is 15.6. The van der Waals surface area contributed by atoms with Crippen LogP contribution in [0.15, 0.2) is 206 Å². The van der Waals surface area contributed by atoms with Crippen molar-refractivity contribution in [2.24, 2.45) is 0 Å². The van der Waals surface area contributed by atoms with E-state index in [1.165, 1.54) is 120 Å². The topological polar surface area (TPSA) is 0 Å². The Morgan fingerprint density at radius 2 is 0.464 bits per heavy atom. The SMILES string of the molecule is c1ccc(-c2cccc(-c3cc4cccc5c(-c6cc7cccc8c(-c9cccc(-c%10ccccc%10)c9)cc9cccc6c9c78)cc6cccc3c6c45)c2)cc1. The van der Waals surface area contributed by atoms with Crippen molar-refractivity contribution in [3.63, 3.8) is 0 Å². The molecule has 0 bridgehead atoms. The molecule has 56 heavy (non-hydrogen) atoms. The number of rotatable bonds is 5. The van der Waals surface area contributed by atoms with Gasteiger partial charge in [-0.25, -0.2) is 0 Å². The molecule has 12 rings (SSSR count). The van der Waals surface area contributed by atoms with Crippen molar-refractivity contribution in [1.82, 2.24) is 0 Å². The van der Waals surface area contributed by atoms with Crippen LogP contribution in [-0.2, 0) is 0 Å². The zero-order valence-corrected chi connectivity index (χ0v) is 30.6. The summed E-state index contributed by atoms with van der Waals surface area (Å²) in [7, 11) is 0. The molecule has 0 nitrogen and oxygen atoms in total. The Hall–Kier alpha value is -7.28. The number of hydrogen-bond acceptors (Lipinski definition) is 0. The Morgan fingerprint density at radius 1 is 0.179 bits per heavy atom. The third-order valence-electron chi connectivity index (χ3n) is 12.1. The van der Waals surface area contributed by atoms with Gasteiger partial charge < -0.3 is 0 Å². The maximum Gasteiger partial charge on any atom is -0.00201 e. The molecular weight excluding hydrogens is 673 g/mol. The van der Waals surface area contributed by atoms with Crippen LogP contribution in [0.25, 0.3) is 120 Å². The molecular formula is C56H34. The highest BCUT2D eigenvalue weighted by atomic mass is 14.2. The van der Waals surface area contributed by atoms with Gasteiger partial charge in [-0.2, -0.15) is 0 Å². The highest BCUT2D eigenvalue weighted by molar-refractivity contribution is 6.33. The lowest BCUT2D eigenvalue weighted by atomic mass is 9.82. The maximum atomic E-state index is 2.45. The van der Waals surface area contributed by atoms with Gasteiger partial charge in [0.2, 0.25) is 0 Å². The lowest BCUT2D eigenvalue weighted by molar-refractivity contribution is 1.61. The van der Waals surface area contributed by atoms with Crippen molar-refractivity contribution in [1.29, 1.82) is 0 Å². The van der Waals surface area contributed by atoms with E-state index in [1.54, 1.807) is 0 Å². The van der Waals surface area contributed by atoms with Crippen LogP contribution in [0.3, 0.4) is 0 Å². The molecule has 0 heteroatoms. The summed E-state index contributed by atoms with van der Waals surface area (Å²) >= 11 is 0. The minimum atomic E-state index is 1.23. The third-order valence-corrected chi connectivity index (χ3v) is 12.1. The summed E-state index contributed by atoms with van der Waals surface area (Å²) < 4.78 is 0. The molecule has 0 aliphatic heterocycles. The first-order valence-corrected chi connectivity index (χ1v) is 19.5. The zero-order chi connectivity index (χ0) is 36.7. The highest BCUT2D eigenvalue weighted by Gasteiger charge is 2.21. The fourth-order valence-corrected chi connectivity index (χ4v) is 9.63. The van der Waals surface area contributed by atoms with E-state index in [0.717, 1.165) is 0 Å². The van der Waals surface area contributed by atoms with Gasteiger partial charge in [0, 0.05) is 0 Å². The standard InChI is InChI=1S/C56H34/c1-3-13-35(14-4-1)37-17-7-19-39(29-37)49-31-41-21-11-27-47-51(33-43-23-9-25-45(49)53(43)55(41)47)52-34-44-24-10-26-46-50(32-42-22-12-28-48(52)56(42)54(44)46)40-20-8-18-38(30-40)36-15-5-2-6-16-36/h1-34H. The van der Waals surface area contributed by atoms with Gasteiger partial charge in [-0.3, -0.25) is 0 Å². The van der Waals surface area contributed by atoms with Crippen molar-refractivity contribution < 1.29 is 0 Å². The van der Waals surface area contributed by atoms with Gasteiger partial charge in [0.25, 0.3) is 0 Å². The Labute approximate surface area is 325 Å². The van der Waals surface area contributed by atoms with Gasteiger partial charge >= 0.3 is 0 Å². The van der Waals surface area contributed by atoms with E-state index in [1.807, 2.05) is 0 Å². The summed E-state index contributed by atoms with van der Waals surface area (Å²) in [5.41, 5.74) is 12.5. The second-order valence-corrected chi connectivity index (χ2v) is 15.2. The summed E-state index contributed by atoms with van der Waals surface area (Å²) in [6, 6.07) is 76.5. The molecule has 0 radical (unpaired) electrons. The fourth-order valence-electron chi connectivity index (χ4n) is 9.63. The van der Waals surface area contributed by atoms with Gasteiger partial charge in [0.05, 0.1) is 0 Å². The molecule has 258 valence electrons. The van der Waals surface area contributed by atoms with Crippen molar-refractivity contribution in [2.75, 3.05) is 0 Å². The molecule has 0 heterocycles. The third kappa shape index (κ3) is 4.66. The quantitative estimate of drug-likeness (QED) is 0.156. The van der Waals surface area contributed by atoms with Crippen LogP contribution < -0.4 is 0 Å². The molecule has 0 amide bonds.